The molecular weight excluding hydrogens is 274 g/mol. The molecule has 1 aromatic rings. The third-order valence-corrected chi connectivity index (χ3v) is 2.07. The summed E-state index contributed by atoms with van der Waals surface area (Å²) in [6.45, 7) is 4.43. The lowest BCUT2D eigenvalue weighted by Gasteiger charge is -1.96. The highest BCUT2D eigenvalue weighted by molar-refractivity contribution is 9.11. The van der Waals surface area contributed by atoms with E-state index in [4.69, 9.17) is 0 Å². The Morgan fingerprint density at radius 3 is 2.73 bits per heavy atom. The lowest BCUT2D eigenvalue weighted by atomic mass is 10.4. The standard InChI is InChI=1S/C6H7Br2N3/c1-2-3-4-11-6(8)9-5(7)10-11/h2H,1,3-4H2. The molecule has 0 fully saturated rings. The minimum absolute atomic E-state index is 0.605. The van der Waals surface area contributed by atoms with Gasteiger partial charge in [-0.1, -0.05) is 6.08 Å². The van der Waals surface area contributed by atoms with Crippen LogP contribution in [0, 0.1) is 0 Å². The molecule has 0 atom stereocenters. The van der Waals surface area contributed by atoms with Crippen LogP contribution < -0.4 is 0 Å². The minimum Gasteiger partial charge on any atom is -0.239 e. The van der Waals surface area contributed by atoms with Crippen LogP contribution >= 0.6 is 31.9 Å². The van der Waals surface area contributed by atoms with Crippen LogP contribution in [-0.2, 0) is 6.54 Å². The Hall–Kier alpha value is -0.160. The normalized spacial score (nSPS) is 10.0. The van der Waals surface area contributed by atoms with Crippen molar-refractivity contribution in [2.75, 3.05) is 0 Å². The molecule has 0 saturated carbocycles. The molecule has 3 nitrogen and oxygen atoms in total. The predicted octanol–water partition coefficient (Wildman–Crippen LogP) is 2.38. The van der Waals surface area contributed by atoms with Crippen LogP contribution in [0.4, 0.5) is 0 Å². The lowest BCUT2D eigenvalue weighted by molar-refractivity contribution is 0.606. The van der Waals surface area contributed by atoms with E-state index in [1.165, 1.54) is 0 Å². The van der Waals surface area contributed by atoms with Crippen molar-refractivity contribution < 1.29 is 0 Å². The van der Waals surface area contributed by atoms with Crippen LogP contribution in [0.15, 0.2) is 22.1 Å². The average molecular weight is 281 g/mol. The van der Waals surface area contributed by atoms with Gasteiger partial charge in [-0.25, -0.2) is 4.68 Å². The van der Waals surface area contributed by atoms with Crippen molar-refractivity contribution in [3.63, 3.8) is 0 Å². The van der Waals surface area contributed by atoms with Crippen molar-refractivity contribution in [2.24, 2.45) is 0 Å². The average Bonchev–Trinajstić information content (AvgIpc) is 2.26. The molecule has 0 unspecified atom stereocenters. The predicted molar refractivity (Wildman–Crippen MR) is 50.2 cm³/mol. The third kappa shape index (κ3) is 2.41. The molecule has 5 heteroatoms. The topological polar surface area (TPSA) is 30.7 Å². The number of aryl methyl sites for hydroxylation is 1. The van der Waals surface area contributed by atoms with Crippen LogP contribution in [0.5, 0.6) is 0 Å². The van der Waals surface area contributed by atoms with E-state index in [1.807, 2.05) is 6.08 Å². The first-order valence-electron chi connectivity index (χ1n) is 3.11. The SMILES string of the molecule is C=CCCn1nc(Br)nc1Br. The second-order valence-electron chi connectivity index (χ2n) is 1.95. The highest BCUT2D eigenvalue weighted by Gasteiger charge is 2.02. The number of hydrogen-bond donors (Lipinski definition) is 0. The lowest BCUT2D eigenvalue weighted by Crippen LogP contribution is -1.98. The van der Waals surface area contributed by atoms with Gasteiger partial charge in [-0.05, 0) is 38.3 Å². The third-order valence-electron chi connectivity index (χ3n) is 1.15. The first kappa shape index (κ1) is 8.93. The Bertz CT molecular complexity index is 256. The van der Waals surface area contributed by atoms with Gasteiger partial charge in [0.25, 0.3) is 0 Å². The summed E-state index contributed by atoms with van der Waals surface area (Å²) in [6, 6.07) is 0. The fourth-order valence-corrected chi connectivity index (χ4v) is 1.67. The van der Waals surface area contributed by atoms with Crippen LogP contribution in [0.2, 0.25) is 0 Å². The van der Waals surface area contributed by atoms with E-state index in [2.05, 4.69) is 48.5 Å². The van der Waals surface area contributed by atoms with Gasteiger partial charge in [-0.3, -0.25) is 0 Å². The van der Waals surface area contributed by atoms with Gasteiger partial charge in [-0.2, -0.15) is 4.98 Å². The van der Waals surface area contributed by atoms with E-state index in [1.54, 1.807) is 4.68 Å². The van der Waals surface area contributed by atoms with Crippen molar-refractivity contribution in [3.05, 3.63) is 22.1 Å². The van der Waals surface area contributed by atoms with Crippen LogP contribution in [0.1, 0.15) is 6.42 Å². The molecule has 1 aromatic heterocycles. The summed E-state index contributed by atoms with van der Waals surface area (Å²) in [4.78, 5) is 4.01. The number of rotatable bonds is 3. The molecule has 0 bridgehead atoms. The first-order valence-corrected chi connectivity index (χ1v) is 4.69. The van der Waals surface area contributed by atoms with E-state index in [-0.39, 0.29) is 0 Å². The molecule has 0 amide bonds. The Kier molecular flexibility index (Phi) is 3.26. The molecule has 0 aromatic carbocycles. The van der Waals surface area contributed by atoms with E-state index < -0.39 is 0 Å². The summed E-state index contributed by atoms with van der Waals surface area (Å²) in [5.41, 5.74) is 0. The maximum absolute atomic E-state index is 4.08. The number of halogens is 2. The van der Waals surface area contributed by atoms with Gasteiger partial charge in [0.05, 0.1) is 0 Å². The molecule has 0 aliphatic carbocycles. The molecule has 0 radical (unpaired) electrons. The highest BCUT2D eigenvalue weighted by atomic mass is 79.9. The fraction of sp³-hybridized carbons (Fsp3) is 0.333. The van der Waals surface area contributed by atoms with Crippen molar-refractivity contribution in [3.8, 4) is 0 Å². The molecule has 1 heterocycles. The highest BCUT2D eigenvalue weighted by Crippen LogP contribution is 2.11. The molecule has 60 valence electrons. The van der Waals surface area contributed by atoms with Crippen molar-refractivity contribution in [2.45, 2.75) is 13.0 Å². The van der Waals surface area contributed by atoms with Gasteiger partial charge in [0.2, 0.25) is 4.73 Å². The van der Waals surface area contributed by atoms with Gasteiger partial charge < -0.3 is 0 Å². The molecule has 0 saturated heterocycles. The molecule has 0 spiro atoms. The fourth-order valence-electron chi connectivity index (χ4n) is 0.653. The quantitative estimate of drug-likeness (QED) is 0.796. The van der Waals surface area contributed by atoms with Crippen molar-refractivity contribution >= 4 is 31.9 Å². The number of nitrogens with zero attached hydrogens (tertiary/aromatic N) is 3. The van der Waals surface area contributed by atoms with Gasteiger partial charge >= 0.3 is 0 Å². The monoisotopic (exact) mass is 279 g/mol. The van der Waals surface area contributed by atoms with Gasteiger partial charge in [-0.15, -0.1) is 11.7 Å². The summed E-state index contributed by atoms with van der Waals surface area (Å²) < 4.78 is 3.12. The maximum Gasteiger partial charge on any atom is 0.218 e. The first-order chi connectivity index (χ1) is 5.24. The van der Waals surface area contributed by atoms with Crippen LogP contribution in [0.25, 0.3) is 0 Å². The molecule has 11 heavy (non-hydrogen) atoms. The van der Waals surface area contributed by atoms with Gasteiger partial charge in [0.1, 0.15) is 0 Å². The molecular formula is C6H7Br2N3. The number of aromatic nitrogens is 3. The van der Waals surface area contributed by atoms with E-state index >= 15 is 0 Å². The smallest absolute Gasteiger partial charge is 0.218 e. The Labute approximate surface area is 81.8 Å². The van der Waals surface area contributed by atoms with Gasteiger partial charge in [0, 0.05) is 6.54 Å². The second kappa shape index (κ2) is 4.01. The largest absolute Gasteiger partial charge is 0.239 e. The number of hydrogen-bond acceptors (Lipinski definition) is 2. The van der Waals surface area contributed by atoms with Crippen LogP contribution in [-0.4, -0.2) is 14.8 Å². The summed E-state index contributed by atoms with van der Waals surface area (Å²) in [6.07, 6.45) is 2.75. The minimum atomic E-state index is 0.605. The van der Waals surface area contributed by atoms with E-state index in [0.29, 0.717) is 4.73 Å². The molecule has 1 rings (SSSR count). The van der Waals surface area contributed by atoms with E-state index in [0.717, 1.165) is 17.7 Å². The molecule has 0 aliphatic heterocycles. The molecule has 0 N–H and O–H groups in total. The zero-order valence-corrected chi connectivity index (χ0v) is 8.97. The van der Waals surface area contributed by atoms with Gasteiger partial charge in [0.15, 0.2) is 4.73 Å². The van der Waals surface area contributed by atoms with E-state index in [9.17, 15) is 0 Å². The Balaban J connectivity index is 2.69. The van der Waals surface area contributed by atoms with Crippen molar-refractivity contribution in [1.82, 2.24) is 14.8 Å². The second-order valence-corrected chi connectivity index (χ2v) is 3.37. The zero-order chi connectivity index (χ0) is 8.27. The zero-order valence-electron chi connectivity index (χ0n) is 5.80. The summed E-state index contributed by atoms with van der Waals surface area (Å²) in [5, 5.41) is 4.08. The summed E-state index contributed by atoms with van der Waals surface area (Å²) >= 11 is 6.45. The summed E-state index contributed by atoms with van der Waals surface area (Å²) in [7, 11) is 0. The number of allylic oxidation sites excluding steroid dienone is 1. The maximum atomic E-state index is 4.08. The van der Waals surface area contributed by atoms with Crippen molar-refractivity contribution in [1.29, 1.82) is 0 Å². The Morgan fingerprint density at radius 2 is 2.27 bits per heavy atom. The molecule has 0 aliphatic rings. The Morgan fingerprint density at radius 1 is 1.55 bits per heavy atom. The van der Waals surface area contributed by atoms with Crippen LogP contribution in [0.3, 0.4) is 0 Å². The summed E-state index contributed by atoms with van der Waals surface area (Å²) in [5.74, 6) is 0.